The summed E-state index contributed by atoms with van der Waals surface area (Å²) in [6.07, 6.45) is 6.56. The Hall–Kier alpha value is -1.31. The number of Topliss-reactive ketones (excluding diaryl/α,β-unsaturated/α-hetero) is 1. The molecule has 0 heterocycles. The third-order valence-corrected chi connectivity index (χ3v) is 3.11. The molecule has 0 aliphatic rings. The molecule has 0 atom stereocenters. The number of rotatable bonds is 8. The van der Waals surface area contributed by atoms with Crippen LogP contribution >= 0.6 is 0 Å². The zero-order valence-corrected chi connectivity index (χ0v) is 13.4. The van der Waals surface area contributed by atoms with Gasteiger partial charge < -0.3 is 4.74 Å². The minimum absolute atomic E-state index is 0.204. The largest absolute Gasteiger partial charge is 0.488 e. The third kappa shape index (κ3) is 6.74. The number of carbonyl (C=O) groups excluding carboxylic acids is 1. The molecule has 20 heavy (non-hydrogen) atoms. The number of ether oxygens (including phenoxy) is 1. The average Bonchev–Trinajstić information content (AvgIpc) is 2.37. The lowest BCUT2D eigenvalue weighted by atomic mass is 10.0. The highest BCUT2D eigenvalue weighted by molar-refractivity contribution is 5.96. The summed E-state index contributed by atoms with van der Waals surface area (Å²) in [5, 5.41) is 0. The summed E-state index contributed by atoms with van der Waals surface area (Å²) < 4.78 is 5.75. The standard InChI is InChI=1S/C18H28O2/c1-5-6-7-8-9-10-17(19)15-11-13-16(14-12-15)20-18(2,3)4/h11-14H,5-10H2,1-4H3. The fraction of sp³-hybridized carbons (Fsp3) is 0.611. The Morgan fingerprint density at radius 1 is 1.00 bits per heavy atom. The van der Waals surface area contributed by atoms with Gasteiger partial charge in [0.1, 0.15) is 11.4 Å². The van der Waals surface area contributed by atoms with Crippen molar-refractivity contribution in [3.05, 3.63) is 29.8 Å². The van der Waals surface area contributed by atoms with Gasteiger partial charge in [0.25, 0.3) is 0 Å². The van der Waals surface area contributed by atoms with Crippen molar-refractivity contribution < 1.29 is 9.53 Å². The molecule has 0 radical (unpaired) electrons. The van der Waals surface area contributed by atoms with Crippen molar-refractivity contribution in [2.24, 2.45) is 0 Å². The van der Waals surface area contributed by atoms with Gasteiger partial charge in [-0.05, 0) is 51.5 Å². The number of hydrogen-bond donors (Lipinski definition) is 0. The van der Waals surface area contributed by atoms with Crippen molar-refractivity contribution in [2.75, 3.05) is 0 Å². The van der Waals surface area contributed by atoms with E-state index in [-0.39, 0.29) is 11.4 Å². The highest BCUT2D eigenvalue weighted by Gasteiger charge is 2.12. The van der Waals surface area contributed by atoms with Crippen LogP contribution in [0.3, 0.4) is 0 Å². The fourth-order valence-corrected chi connectivity index (χ4v) is 2.10. The Morgan fingerprint density at radius 2 is 1.60 bits per heavy atom. The van der Waals surface area contributed by atoms with Gasteiger partial charge in [-0.3, -0.25) is 4.79 Å². The normalized spacial score (nSPS) is 11.4. The van der Waals surface area contributed by atoms with Crippen molar-refractivity contribution in [1.82, 2.24) is 0 Å². The first-order chi connectivity index (χ1) is 9.42. The van der Waals surface area contributed by atoms with Crippen LogP contribution in [0.25, 0.3) is 0 Å². The molecule has 0 fully saturated rings. The van der Waals surface area contributed by atoms with Crippen molar-refractivity contribution in [3.8, 4) is 5.75 Å². The minimum atomic E-state index is -0.204. The van der Waals surface area contributed by atoms with E-state index in [1.165, 1.54) is 19.3 Å². The molecule has 0 amide bonds. The summed E-state index contributed by atoms with van der Waals surface area (Å²) in [5.74, 6) is 1.06. The maximum Gasteiger partial charge on any atom is 0.162 e. The van der Waals surface area contributed by atoms with E-state index in [1.54, 1.807) is 0 Å². The Bertz CT molecular complexity index is 398. The fourth-order valence-electron chi connectivity index (χ4n) is 2.10. The number of unbranched alkanes of at least 4 members (excludes halogenated alkanes) is 4. The van der Waals surface area contributed by atoms with Crippen molar-refractivity contribution in [3.63, 3.8) is 0 Å². The molecular weight excluding hydrogens is 248 g/mol. The van der Waals surface area contributed by atoms with Crippen LogP contribution in [-0.4, -0.2) is 11.4 Å². The maximum atomic E-state index is 12.0. The second-order valence-electron chi connectivity index (χ2n) is 6.33. The third-order valence-electron chi connectivity index (χ3n) is 3.11. The van der Waals surface area contributed by atoms with Crippen LogP contribution in [0, 0.1) is 0 Å². The van der Waals surface area contributed by atoms with Gasteiger partial charge in [-0.25, -0.2) is 0 Å². The monoisotopic (exact) mass is 276 g/mol. The Kier molecular flexibility index (Phi) is 6.77. The van der Waals surface area contributed by atoms with Gasteiger partial charge in [-0.1, -0.05) is 32.6 Å². The van der Waals surface area contributed by atoms with E-state index in [4.69, 9.17) is 4.74 Å². The van der Waals surface area contributed by atoms with Crippen LogP contribution < -0.4 is 4.74 Å². The highest BCUT2D eigenvalue weighted by atomic mass is 16.5. The van der Waals surface area contributed by atoms with Crippen molar-refractivity contribution in [1.29, 1.82) is 0 Å². The second-order valence-corrected chi connectivity index (χ2v) is 6.33. The van der Waals surface area contributed by atoms with Gasteiger partial charge in [0, 0.05) is 12.0 Å². The van der Waals surface area contributed by atoms with Crippen LogP contribution in [-0.2, 0) is 0 Å². The molecule has 0 bridgehead atoms. The molecule has 0 aromatic heterocycles. The lowest BCUT2D eigenvalue weighted by Gasteiger charge is -2.21. The first-order valence-electron chi connectivity index (χ1n) is 7.74. The average molecular weight is 276 g/mol. The van der Waals surface area contributed by atoms with Crippen LogP contribution in [0.2, 0.25) is 0 Å². The van der Waals surface area contributed by atoms with Crippen LogP contribution in [0.1, 0.15) is 76.6 Å². The van der Waals surface area contributed by atoms with Gasteiger partial charge in [-0.2, -0.15) is 0 Å². The molecule has 1 rings (SSSR count). The van der Waals surface area contributed by atoms with Gasteiger partial charge in [0.05, 0.1) is 0 Å². The van der Waals surface area contributed by atoms with Crippen molar-refractivity contribution >= 4 is 5.78 Å². The summed E-state index contributed by atoms with van der Waals surface area (Å²) in [6, 6.07) is 7.51. The zero-order chi connectivity index (χ0) is 15.0. The second kappa shape index (κ2) is 8.08. The Morgan fingerprint density at radius 3 is 2.15 bits per heavy atom. The molecular formula is C18H28O2. The molecule has 0 unspecified atom stereocenters. The molecule has 0 spiro atoms. The van der Waals surface area contributed by atoms with E-state index in [0.29, 0.717) is 6.42 Å². The van der Waals surface area contributed by atoms with Gasteiger partial charge in [0.2, 0.25) is 0 Å². The highest BCUT2D eigenvalue weighted by Crippen LogP contribution is 2.19. The van der Waals surface area contributed by atoms with Gasteiger partial charge in [-0.15, -0.1) is 0 Å². The maximum absolute atomic E-state index is 12.0. The quantitative estimate of drug-likeness (QED) is 0.469. The molecule has 1 aromatic rings. The first-order valence-corrected chi connectivity index (χ1v) is 7.74. The predicted octanol–water partition coefficient (Wildman–Crippen LogP) is 5.41. The zero-order valence-electron chi connectivity index (χ0n) is 13.4. The van der Waals surface area contributed by atoms with Gasteiger partial charge in [0.15, 0.2) is 5.78 Å². The van der Waals surface area contributed by atoms with Gasteiger partial charge >= 0.3 is 0 Å². The molecule has 2 nitrogen and oxygen atoms in total. The SMILES string of the molecule is CCCCCCCC(=O)c1ccc(OC(C)(C)C)cc1. The smallest absolute Gasteiger partial charge is 0.162 e. The van der Waals surface area contributed by atoms with E-state index in [1.807, 2.05) is 45.0 Å². The molecule has 0 aliphatic carbocycles. The first kappa shape index (κ1) is 16.7. The minimum Gasteiger partial charge on any atom is -0.488 e. The summed E-state index contributed by atoms with van der Waals surface area (Å²) in [4.78, 5) is 12.0. The van der Waals surface area contributed by atoms with E-state index in [2.05, 4.69) is 6.92 Å². The summed E-state index contributed by atoms with van der Waals surface area (Å²) in [5.41, 5.74) is 0.590. The van der Waals surface area contributed by atoms with Crippen molar-refractivity contribution in [2.45, 2.75) is 71.8 Å². The van der Waals surface area contributed by atoms with E-state index >= 15 is 0 Å². The van der Waals surface area contributed by atoms with E-state index in [0.717, 1.165) is 24.2 Å². The molecule has 112 valence electrons. The van der Waals surface area contributed by atoms with Crippen LogP contribution in [0.15, 0.2) is 24.3 Å². The Balaban J connectivity index is 2.41. The van der Waals surface area contributed by atoms with Crippen LogP contribution in [0.5, 0.6) is 5.75 Å². The van der Waals surface area contributed by atoms with Crippen LogP contribution in [0.4, 0.5) is 0 Å². The molecule has 0 aliphatic heterocycles. The van der Waals surface area contributed by atoms with E-state index in [9.17, 15) is 4.79 Å². The lowest BCUT2D eigenvalue weighted by molar-refractivity contribution is 0.0979. The summed E-state index contributed by atoms with van der Waals surface area (Å²) >= 11 is 0. The predicted molar refractivity (Wildman–Crippen MR) is 84.5 cm³/mol. The molecule has 1 aromatic carbocycles. The molecule has 0 N–H and O–H groups in total. The molecule has 0 saturated heterocycles. The number of carbonyl (C=O) groups is 1. The Labute approximate surface area is 123 Å². The number of ketones is 1. The lowest BCUT2D eigenvalue weighted by Crippen LogP contribution is -2.22. The number of hydrogen-bond acceptors (Lipinski definition) is 2. The summed E-state index contributed by atoms with van der Waals surface area (Å²) in [6.45, 7) is 8.25. The van der Waals surface area contributed by atoms with E-state index < -0.39 is 0 Å². The summed E-state index contributed by atoms with van der Waals surface area (Å²) in [7, 11) is 0. The topological polar surface area (TPSA) is 26.3 Å². The molecule has 2 heteroatoms. The molecule has 0 saturated carbocycles. The number of benzene rings is 1.